The van der Waals surface area contributed by atoms with E-state index in [0.29, 0.717) is 32.5 Å². The van der Waals surface area contributed by atoms with Gasteiger partial charge in [-0.1, -0.05) is 13.8 Å². The molecular formula is C19H36O6. The summed E-state index contributed by atoms with van der Waals surface area (Å²) in [7, 11) is 0. The third-order valence-corrected chi connectivity index (χ3v) is 4.05. The molecule has 0 rings (SSSR count). The fourth-order valence-corrected chi connectivity index (χ4v) is 2.25. The Bertz CT molecular complexity index is 358. The quantitative estimate of drug-likeness (QED) is 0.336. The maximum Gasteiger partial charge on any atom is 0.306 e. The highest BCUT2D eigenvalue weighted by molar-refractivity contribution is 5.77. The zero-order valence-electron chi connectivity index (χ0n) is 16.2. The molecule has 0 bridgehead atoms. The predicted octanol–water partition coefficient (Wildman–Crippen LogP) is 3.39. The van der Waals surface area contributed by atoms with E-state index in [1.165, 1.54) is 0 Å². The van der Waals surface area contributed by atoms with Crippen LogP contribution in [0.15, 0.2) is 0 Å². The molecular weight excluding hydrogens is 324 g/mol. The summed E-state index contributed by atoms with van der Waals surface area (Å²) in [5, 5.41) is 8.84. The summed E-state index contributed by atoms with van der Waals surface area (Å²) >= 11 is 0. The van der Waals surface area contributed by atoms with Gasteiger partial charge in [-0.3, -0.25) is 9.59 Å². The third-order valence-electron chi connectivity index (χ3n) is 4.05. The second kappa shape index (κ2) is 15.1. The van der Waals surface area contributed by atoms with E-state index >= 15 is 0 Å². The highest BCUT2D eigenvalue weighted by Gasteiger charge is 2.26. The van der Waals surface area contributed by atoms with E-state index in [9.17, 15) is 9.59 Å². The Kier molecular flexibility index (Phi) is 14.5. The lowest BCUT2D eigenvalue weighted by Gasteiger charge is -2.28. The van der Waals surface area contributed by atoms with Gasteiger partial charge in [0.25, 0.3) is 0 Å². The van der Waals surface area contributed by atoms with Crippen molar-refractivity contribution in [3.8, 4) is 0 Å². The van der Waals surface area contributed by atoms with Crippen LogP contribution < -0.4 is 0 Å². The van der Waals surface area contributed by atoms with Gasteiger partial charge in [-0.15, -0.1) is 0 Å². The number of aliphatic hydroxyl groups is 1. The van der Waals surface area contributed by atoms with Crippen molar-refractivity contribution in [3.63, 3.8) is 0 Å². The van der Waals surface area contributed by atoms with Crippen molar-refractivity contribution in [2.24, 2.45) is 0 Å². The van der Waals surface area contributed by atoms with Gasteiger partial charge in [-0.25, -0.2) is 0 Å². The zero-order valence-corrected chi connectivity index (χ0v) is 16.2. The Morgan fingerprint density at radius 2 is 1.60 bits per heavy atom. The Balaban J connectivity index is 3.82. The van der Waals surface area contributed by atoms with Crippen molar-refractivity contribution >= 4 is 11.9 Å². The maximum absolute atomic E-state index is 11.9. The number of hydrogen-bond donors (Lipinski definition) is 1. The average molecular weight is 360 g/mol. The van der Waals surface area contributed by atoms with E-state index in [0.717, 1.165) is 32.3 Å². The number of carbonyl (C=O) groups is 2. The number of hydrogen-bond acceptors (Lipinski definition) is 6. The van der Waals surface area contributed by atoms with Gasteiger partial charge in [0.1, 0.15) is 5.60 Å². The largest absolute Gasteiger partial charge is 0.466 e. The molecule has 0 saturated carbocycles. The highest BCUT2D eigenvalue weighted by atomic mass is 16.6. The number of aliphatic hydroxyl groups excluding tert-OH is 1. The van der Waals surface area contributed by atoms with E-state index in [1.807, 2.05) is 13.8 Å². The first-order valence-electron chi connectivity index (χ1n) is 9.53. The van der Waals surface area contributed by atoms with Gasteiger partial charge in [0.2, 0.25) is 0 Å². The van der Waals surface area contributed by atoms with Crippen molar-refractivity contribution in [3.05, 3.63) is 0 Å². The average Bonchev–Trinajstić information content (AvgIpc) is 2.59. The molecule has 0 spiro atoms. The van der Waals surface area contributed by atoms with Crippen LogP contribution >= 0.6 is 0 Å². The molecule has 0 aromatic heterocycles. The van der Waals surface area contributed by atoms with Gasteiger partial charge in [0, 0.05) is 19.8 Å². The molecule has 1 N–H and O–H groups in total. The highest BCUT2D eigenvalue weighted by Crippen LogP contribution is 2.23. The molecule has 148 valence electrons. The van der Waals surface area contributed by atoms with Crippen molar-refractivity contribution in [2.75, 3.05) is 26.4 Å². The fourth-order valence-electron chi connectivity index (χ4n) is 2.25. The van der Waals surface area contributed by atoms with Crippen LogP contribution in [0.4, 0.5) is 0 Å². The molecule has 1 atom stereocenters. The maximum atomic E-state index is 11.9. The first-order valence-corrected chi connectivity index (χ1v) is 9.53. The summed E-state index contributed by atoms with van der Waals surface area (Å²) in [6, 6.07) is 0. The van der Waals surface area contributed by atoms with Crippen LogP contribution in [-0.4, -0.2) is 49.1 Å². The van der Waals surface area contributed by atoms with Gasteiger partial charge in [0.15, 0.2) is 0 Å². The van der Waals surface area contributed by atoms with Crippen LogP contribution in [0.25, 0.3) is 0 Å². The Morgan fingerprint density at radius 3 is 2.24 bits per heavy atom. The normalized spacial score (nSPS) is 13.3. The standard InChI is InChI=1S/C19H36O6/c1-4-14-23-15-8-9-16-24-17(21)10-11-18(22)25-19(3,5-2)12-6-7-13-20/h20H,4-16H2,1-3H3. The van der Waals surface area contributed by atoms with Crippen LogP contribution in [0, 0.1) is 0 Å². The van der Waals surface area contributed by atoms with Crippen LogP contribution in [0.1, 0.15) is 78.6 Å². The number of rotatable bonds is 16. The Morgan fingerprint density at radius 1 is 0.920 bits per heavy atom. The van der Waals surface area contributed by atoms with Crippen LogP contribution in [0.3, 0.4) is 0 Å². The zero-order chi connectivity index (χ0) is 19.0. The minimum atomic E-state index is -0.533. The summed E-state index contributed by atoms with van der Waals surface area (Å²) in [6.45, 7) is 7.86. The monoisotopic (exact) mass is 360 g/mol. The van der Waals surface area contributed by atoms with E-state index in [1.54, 1.807) is 0 Å². The van der Waals surface area contributed by atoms with Crippen molar-refractivity contribution in [2.45, 2.75) is 84.2 Å². The third kappa shape index (κ3) is 13.8. The molecule has 0 aliphatic carbocycles. The minimum Gasteiger partial charge on any atom is -0.466 e. The lowest BCUT2D eigenvalue weighted by molar-refractivity contribution is -0.162. The predicted molar refractivity (Wildman–Crippen MR) is 96.3 cm³/mol. The number of unbranched alkanes of at least 4 members (excludes halogenated alkanes) is 2. The molecule has 0 radical (unpaired) electrons. The molecule has 0 aromatic rings. The smallest absolute Gasteiger partial charge is 0.306 e. The number of esters is 2. The van der Waals surface area contributed by atoms with Crippen molar-refractivity contribution in [1.82, 2.24) is 0 Å². The van der Waals surface area contributed by atoms with Gasteiger partial charge in [-0.2, -0.15) is 0 Å². The van der Waals surface area contributed by atoms with Crippen molar-refractivity contribution < 1.29 is 28.9 Å². The Hall–Kier alpha value is -1.14. The molecule has 0 saturated heterocycles. The van der Waals surface area contributed by atoms with Crippen LogP contribution in [0.5, 0.6) is 0 Å². The lowest BCUT2D eigenvalue weighted by Crippen LogP contribution is -2.31. The Labute approximate surface area is 152 Å². The fraction of sp³-hybridized carbons (Fsp3) is 0.895. The SMILES string of the molecule is CCCOCCCCOC(=O)CCC(=O)OC(C)(CC)CCCCO. The first-order chi connectivity index (χ1) is 12.0. The van der Waals surface area contributed by atoms with E-state index in [-0.39, 0.29) is 31.4 Å². The van der Waals surface area contributed by atoms with Crippen molar-refractivity contribution in [1.29, 1.82) is 0 Å². The van der Waals surface area contributed by atoms with E-state index in [4.69, 9.17) is 19.3 Å². The molecule has 0 heterocycles. The van der Waals surface area contributed by atoms with E-state index in [2.05, 4.69) is 6.92 Å². The summed E-state index contributed by atoms with van der Waals surface area (Å²) in [6.07, 6.45) is 5.62. The summed E-state index contributed by atoms with van der Waals surface area (Å²) in [5.74, 6) is -0.747. The van der Waals surface area contributed by atoms with Crippen LogP contribution in [0.2, 0.25) is 0 Å². The summed E-state index contributed by atoms with van der Waals surface area (Å²) in [5.41, 5.74) is -0.533. The van der Waals surface area contributed by atoms with Gasteiger partial charge in [-0.05, 0) is 51.9 Å². The molecule has 0 aliphatic rings. The second-order valence-corrected chi connectivity index (χ2v) is 6.50. The molecule has 6 nitrogen and oxygen atoms in total. The molecule has 0 fully saturated rings. The van der Waals surface area contributed by atoms with Gasteiger partial charge < -0.3 is 19.3 Å². The number of ether oxygens (including phenoxy) is 3. The van der Waals surface area contributed by atoms with Crippen LogP contribution in [-0.2, 0) is 23.8 Å². The topological polar surface area (TPSA) is 82.1 Å². The molecule has 6 heteroatoms. The summed E-state index contributed by atoms with van der Waals surface area (Å²) < 4.78 is 16.0. The second-order valence-electron chi connectivity index (χ2n) is 6.50. The molecule has 1 unspecified atom stereocenters. The molecule has 0 amide bonds. The summed E-state index contributed by atoms with van der Waals surface area (Å²) in [4.78, 5) is 23.6. The molecule has 0 aromatic carbocycles. The molecule has 25 heavy (non-hydrogen) atoms. The van der Waals surface area contributed by atoms with E-state index < -0.39 is 5.60 Å². The first kappa shape index (κ1) is 23.9. The minimum absolute atomic E-state index is 0.0357. The number of carbonyl (C=O) groups excluding carboxylic acids is 2. The van der Waals surface area contributed by atoms with Gasteiger partial charge in [0.05, 0.1) is 19.4 Å². The molecule has 0 aliphatic heterocycles. The lowest BCUT2D eigenvalue weighted by atomic mass is 9.96. The van der Waals surface area contributed by atoms with Gasteiger partial charge >= 0.3 is 11.9 Å².